The first-order valence-electron chi connectivity index (χ1n) is 6.37. The van der Waals surface area contributed by atoms with E-state index >= 15 is 0 Å². The molecule has 0 aromatic heterocycles. The van der Waals surface area contributed by atoms with Crippen molar-refractivity contribution >= 4 is 10.8 Å². The van der Waals surface area contributed by atoms with Crippen LogP contribution < -0.4 is 5.73 Å². The smallest absolute Gasteiger partial charge is 0.0486 e. The second-order valence-electron chi connectivity index (χ2n) is 4.70. The second kappa shape index (κ2) is 6.64. The molecule has 0 radical (unpaired) electrons. The molecule has 2 aromatic carbocycles. The summed E-state index contributed by atoms with van der Waals surface area (Å²) in [4.78, 5) is 0. The molecule has 0 saturated carbocycles. The minimum Gasteiger partial charge on any atom is -0.323 e. The molecule has 0 spiro atoms. The molecule has 2 N–H and O–H groups in total. The summed E-state index contributed by atoms with van der Waals surface area (Å²) < 4.78 is 12.1. The van der Waals surface area contributed by atoms with Gasteiger partial charge in [0.25, 0.3) is 0 Å². The number of hydrogen-bond donors (Lipinski definition) is 1. The van der Waals surface area contributed by atoms with Crippen LogP contribution in [0.1, 0.15) is 22.7 Å². The zero-order valence-electron chi connectivity index (χ0n) is 11.1. The Bertz CT molecular complexity index is 554. The van der Waals surface area contributed by atoms with E-state index in [0.29, 0.717) is 11.5 Å². The molecule has 0 aliphatic carbocycles. The lowest BCUT2D eigenvalue weighted by atomic mass is 10.0. The standard InChI is InChI=1S/C16H19NOS/c1-13-7-5-6-10-15(13)16(17)12-19(18)11-14-8-3-2-4-9-14/h2-10,16H,11-12,17H2,1H3. The Morgan fingerprint density at radius 1 is 1.05 bits per heavy atom. The van der Waals surface area contributed by atoms with Gasteiger partial charge >= 0.3 is 0 Å². The normalized spacial score (nSPS) is 14.0. The van der Waals surface area contributed by atoms with E-state index in [-0.39, 0.29) is 6.04 Å². The first-order valence-corrected chi connectivity index (χ1v) is 7.85. The highest BCUT2D eigenvalue weighted by atomic mass is 32.2. The van der Waals surface area contributed by atoms with Crippen molar-refractivity contribution in [3.8, 4) is 0 Å². The molecule has 100 valence electrons. The van der Waals surface area contributed by atoms with E-state index in [4.69, 9.17) is 5.73 Å². The Hall–Kier alpha value is -1.45. The highest BCUT2D eigenvalue weighted by molar-refractivity contribution is 7.84. The highest BCUT2D eigenvalue weighted by Crippen LogP contribution is 2.17. The fourth-order valence-corrected chi connectivity index (χ4v) is 3.37. The molecule has 2 rings (SSSR count). The van der Waals surface area contributed by atoms with Gasteiger partial charge in [0.1, 0.15) is 0 Å². The van der Waals surface area contributed by atoms with E-state index in [9.17, 15) is 4.21 Å². The van der Waals surface area contributed by atoms with Crippen molar-refractivity contribution < 1.29 is 4.21 Å². The SMILES string of the molecule is Cc1ccccc1C(N)CS(=O)Cc1ccccc1. The Balaban J connectivity index is 1.98. The van der Waals surface area contributed by atoms with Gasteiger partial charge < -0.3 is 5.73 Å². The number of benzene rings is 2. The van der Waals surface area contributed by atoms with Crippen LogP contribution in [0.25, 0.3) is 0 Å². The zero-order chi connectivity index (χ0) is 13.7. The molecular formula is C16H19NOS. The molecule has 0 bridgehead atoms. The molecule has 2 nitrogen and oxygen atoms in total. The monoisotopic (exact) mass is 273 g/mol. The lowest BCUT2D eigenvalue weighted by molar-refractivity contribution is 0.674. The van der Waals surface area contributed by atoms with Crippen LogP contribution in [0.15, 0.2) is 54.6 Å². The number of rotatable bonds is 5. The molecule has 0 amide bonds. The summed E-state index contributed by atoms with van der Waals surface area (Å²) in [6.45, 7) is 2.04. The van der Waals surface area contributed by atoms with E-state index in [1.165, 1.54) is 0 Å². The number of hydrogen-bond acceptors (Lipinski definition) is 2. The van der Waals surface area contributed by atoms with Crippen LogP contribution in [-0.2, 0) is 16.6 Å². The maximum absolute atomic E-state index is 12.1. The van der Waals surface area contributed by atoms with E-state index in [0.717, 1.165) is 16.7 Å². The predicted molar refractivity (Wildman–Crippen MR) is 81.3 cm³/mol. The summed E-state index contributed by atoms with van der Waals surface area (Å²) in [5.41, 5.74) is 9.50. The third kappa shape index (κ3) is 4.01. The van der Waals surface area contributed by atoms with Crippen LogP contribution in [0, 0.1) is 6.92 Å². The molecular weight excluding hydrogens is 254 g/mol. The van der Waals surface area contributed by atoms with Crippen molar-refractivity contribution in [1.82, 2.24) is 0 Å². The van der Waals surface area contributed by atoms with Gasteiger partial charge in [0.05, 0.1) is 0 Å². The summed E-state index contributed by atoms with van der Waals surface area (Å²) in [5.74, 6) is 1.07. The van der Waals surface area contributed by atoms with Crippen molar-refractivity contribution in [3.05, 3.63) is 71.3 Å². The molecule has 0 aliphatic heterocycles. The topological polar surface area (TPSA) is 43.1 Å². The van der Waals surface area contributed by atoms with Gasteiger partial charge in [-0.3, -0.25) is 4.21 Å². The average Bonchev–Trinajstić information content (AvgIpc) is 2.40. The average molecular weight is 273 g/mol. The van der Waals surface area contributed by atoms with Crippen LogP contribution in [0.3, 0.4) is 0 Å². The molecule has 19 heavy (non-hydrogen) atoms. The summed E-state index contributed by atoms with van der Waals surface area (Å²) in [6, 6.07) is 17.7. The van der Waals surface area contributed by atoms with E-state index in [1.807, 2.05) is 61.5 Å². The van der Waals surface area contributed by atoms with Gasteiger partial charge in [0.2, 0.25) is 0 Å². The van der Waals surface area contributed by atoms with Crippen molar-refractivity contribution in [3.63, 3.8) is 0 Å². The molecule has 2 aromatic rings. The maximum atomic E-state index is 12.1. The van der Waals surface area contributed by atoms with E-state index in [2.05, 4.69) is 0 Å². The Morgan fingerprint density at radius 3 is 2.37 bits per heavy atom. The van der Waals surface area contributed by atoms with Gasteiger partial charge in [-0.1, -0.05) is 54.6 Å². The summed E-state index contributed by atoms with van der Waals surface area (Å²) in [6.07, 6.45) is 0. The quantitative estimate of drug-likeness (QED) is 0.910. The van der Waals surface area contributed by atoms with Crippen molar-refractivity contribution in [2.24, 2.45) is 5.73 Å². The third-order valence-corrected chi connectivity index (χ3v) is 4.51. The fraction of sp³-hybridized carbons (Fsp3) is 0.250. The van der Waals surface area contributed by atoms with Crippen molar-refractivity contribution in [1.29, 1.82) is 0 Å². The van der Waals surface area contributed by atoms with Crippen molar-refractivity contribution in [2.75, 3.05) is 5.75 Å². The molecule has 3 heteroatoms. The van der Waals surface area contributed by atoms with Crippen molar-refractivity contribution in [2.45, 2.75) is 18.7 Å². The highest BCUT2D eigenvalue weighted by Gasteiger charge is 2.12. The minimum atomic E-state index is -0.935. The maximum Gasteiger partial charge on any atom is 0.0486 e. The van der Waals surface area contributed by atoms with Gasteiger partial charge in [-0.2, -0.15) is 0 Å². The minimum absolute atomic E-state index is 0.161. The molecule has 0 fully saturated rings. The van der Waals surface area contributed by atoms with Crippen LogP contribution in [0.2, 0.25) is 0 Å². The lowest BCUT2D eigenvalue weighted by Gasteiger charge is -2.14. The third-order valence-electron chi connectivity index (χ3n) is 3.12. The first kappa shape index (κ1) is 14.0. The Kier molecular flexibility index (Phi) is 4.88. The summed E-state index contributed by atoms with van der Waals surface area (Å²) in [7, 11) is -0.935. The van der Waals surface area contributed by atoms with E-state index < -0.39 is 10.8 Å². The molecule has 2 atom stereocenters. The number of aryl methyl sites for hydroxylation is 1. The molecule has 2 unspecified atom stereocenters. The predicted octanol–water partition coefficient (Wildman–Crippen LogP) is 2.94. The zero-order valence-corrected chi connectivity index (χ0v) is 11.9. The molecule has 0 heterocycles. The molecule has 0 aliphatic rings. The lowest BCUT2D eigenvalue weighted by Crippen LogP contribution is -2.20. The van der Waals surface area contributed by atoms with Crippen LogP contribution >= 0.6 is 0 Å². The number of nitrogens with two attached hydrogens (primary N) is 1. The van der Waals surface area contributed by atoms with Gasteiger partial charge in [-0.25, -0.2) is 0 Å². The fourth-order valence-electron chi connectivity index (χ4n) is 2.11. The summed E-state index contributed by atoms with van der Waals surface area (Å²) in [5, 5.41) is 0. The van der Waals surface area contributed by atoms with Gasteiger partial charge in [0.15, 0.2) is 0 Å². The van der Waals surface area contributed by atoms with Crippen LogP contribution in [-0.4, -0.2) is 9.96 Å². The largest absolute Gasteiger partial charge is 0.323 e. The van der Waals surface area contributed by atoms with Gasteiger partial charge in [-0.05, 0) is 23.6 Å². The van der Waals surface area contributed by atoms with Crippen LogP contribution in [0.5, 0.6) is 0 Å². The van der Waals surface area contributed by atoms with E-state index in [1.54, 1.807) is 0 Å². The summed E-state index contributed by atoms with van der Waals surface area (Å²) >= 11 is 0. The second-order valence-corrected chi connectivity index (χ2v) is 6.20. The molecule has 0 saturated heterocycles. The first-order chi connectivity index (χ1) is 9.16. The van der Waals surface area contributed by atoms with Gasteiger partial charge in [0, 0.05) is 28.3 Å². The van der Waals surface area contributed by atoms with Crippen LogP contribution in [0.4, 0.5) is 0 Å². The van der Waals surface area contributed by atoms with Gasteiger partial charge in [-0.15, -0.1) is 0 Å². The Labute approximate surface area is 117 Å². The Morgan fingerprint density at radius 2 is 1.68 bits per heavy atom.